The van der Waals surface area contributed by atoms with Crippen molar-refractivity contribution >= 4 is 17.1 Å². The molecule has 5 nitrogen and oxygen atoms in total. The number of rotatable bonds is 5. The second-order valence-electron chi connectivity index (χ2n) is 5.72. The predicted molar refractivity (Wildman–Crippen MR) is 82.4 cm³/mol. The molecule has 1 heterocycles. The minimum Gasteiger partial charge on any atom is -0.379 e. The van der Waals surface area contributed by atoms with Gasteiger partial charge in [-0.1, -0.05) is 26.8 Å². The molecule has 0 aliphatic carbocycles. The lowest BCUT2D eigenvalue weighted by Crippen LogP contribution is -2.21. The molecule has 2 atom stereocenters. The summed E-state index contributed by atoms with van der Waals surface area (Å²) in [6.45, 7) is 8.98. The maximum atomic E-state index is 11.5. The van der Waals surface area contributed by atoms with E-state index in [1.165, 1.54) is 0 Å². The van der Waals surface area contributed by atoms with E-state index in [0.29, 0.717) is 17.5 Å². The number of nitrogens with zero attached hydrogens (tertiary/aromatic N) is 2. The fraction of sp³-hybridized carbons (Fsp3) is 0.600. The Hall–Kier alpha value is -1.78. The van der Waals surface area contributed by atoms with Gasteiger partial charge >= 0.3 is 5.69 Å². The molecule has 1 aromatic carbocycles. The van der Waals surface area contributed by atoms with Crippen molar-refractivity contribution in [3.8, 4) is 0 Å². The Bertz CT molecular complexity index is 480. The minimum atomic E-state index is -0.263. The molecule has 0 spiro atoms. The van der Waals surface area contributed by atoms with Crippen LogP contribution in [-0.4, -0.2) is 24.6 Å². The molecule has 5 heteroatoms. The van der Waals surface area contributed by atoms with E-state index in [1.54, 1.807) is 6.07 Å². The van der Waals surface area contributed by atoms with Crippen LogP contribution in [-0.2, 0) is 0 Å². The van der Waals surface area contributed by atoms with E-state index in [0.717, 1.165) is 31.7 Å². The number of nitrogens with one attached hydrogen (secondary N) is 1. The van der Waals surface area contributed by atoms with Crippen LogP contribution in [0.25, 0.3) is 0 Å². The van der Waals surface area contributed by atoms with E-state index >= 15 is 0 Å². The largest absolute Gasteiger partial charge is 0.379 e. The summed E-state index contributed by atoms with van der Waals surface area (Å²) in [5.74, 6) is 1.14. The van der Waals surface area contributed by atoms with Gasteiger partial charge in [0.15, 0.2) is 0 Å². The van der Waals surface area contributed by atoms with E-state index in [9.17, 15) is 10.1 Å². The van der Waals surface area contributed by atoms with Crippen LogP contribution in [0, 0.1) is 22.0 Å². The van der Waals surface area contributed by atoms with Crippen molar-refractivity contribution in [2.75, 3.05) is 29.9 Å². The molecule has 1 aromatic rings. The summed E-state index contributed by atoms with van der Waals surface area (Å²) >= 11 is 0. The summed E-state index contributed by atoms with van der Waals surface area (Å²) in [5, 5.41) is 14.6. The van der Waals surface area contributed by atoms with E-state index in [2.05, 4.69) is 24.1 Å². The summed E-state index contributed by atoms with van der Waals surface area (Å²) in [6, 6.07) is 5.55. The maximum Gasteiger partial charge on any atom is 0.315 e. The lowest BCUT2D eigenvalue weighted by Gasteiger charge is -2.19. The molecule has 0 aromatic heterocycles. The Kier molecular flexibility index (Phi) is 4.47. The molecule has 2 rings (SSSR count). The number of nitro benzene ring substituents is 1. The highest BCUT2D eigenvalue weighted by Crippen LogP contribution is 2.38. The first-order valence-corrected chi connectivity index (χ1v) is 7.30. The molecule has 0 amide bonds. The third-order valence-electron chi connectivity index (χ3n) is 4.09. The zero-order chi connectivity index (χ0) is 14.7. The average Bonchev–Trinajstić information content (AvgIpc) is 2.75. The SMILES string of the molecule is CCCNc1cccc(N2CC(C)C(C)C2)c1[N+](=O)[O-]. The zero-order valence-electron chi connectivity index (χ0n) is 12.4. The molecule has 0 radical (unpaired) electrons. The van der Waals surface area contributed by atoms with Crippen LogP contribution in [0.1, 0.15) is 27.2 Å². The highest BCUT2D eigenvalue weighted by atomic mass is 16.6. The predicted octanol–water partition coefficient (Wildman–Crippen LogP) is 3.51. The van der Waals surface area contributed by atoms with Crippen molar-refractivity contribution in [2.45, 2.75) is 27.2 Å². The van der Waals surface area contributed by atoms with Gasteiger partial charge < -0.3 is 10.2 Å². The topological polar surface area (TPSA) is 58.4 Å². The Labute approximate surface area is 120 Å². The van der Waals surface area contributed by atoms with Crippen molar-refractivity contribution in [1.29, 1.82) is 0 Å². The minimum absolute atomic E-state index is 0.210. The molecule has 110 valence electrons. The van der Waals surface area contributed by atoms with Gasteiger partial charge in [0.1, 0.15) is 11.4 Å². The van der Waals surface area contributed by atoms with Crippen LogP contribution in [0.3, 0.4) is 0 Å². The molecule has 1 fully saturated rings. The van der Waals surface area contributed by atoms with Crippen LogP contribution in [0.5, 0.6) is 0 Å². The van der Waals surface area contributed by atoms with Gasteiger partial charge in [-0.25, -0.2) is 0 Å². The maximum absolute atomic E-state index is 11.5. The van der Waals surface area contributed by atoms with E-state index < -0.39 is 0 Å². The smallest absolute Gasteiger partial charge is 0.315 e. The first-order valence-electron chi connectivity index (χ1n) is 7.30. The number of hydrogen-bond donors (Lipinski definition) is 1. The molecular formula is C15H23N3O2. The third kappa shape index (κ3) is 2.86. The standard InChI is InChI=1S/C15H23N3O2/c1-4-8-16-13-6-5-7-14(15(13)18(19)20)17-9-11(2)12(3)10-17/h5-7,11-12,16H,4,8-10H2,1-3H3. The summed E-state index contributed by atoms with van der Waals surface area (Å²) in [7, 11) is 0. The Morgan fingerprint density at radius 3 is 2.55 bits per heavy atom. The molecule has 20 heavy (non-hydrogen) atoms. The summed E-state index contributed by atoms with van der Waals surface area (Å²) < 4.78 is 0. The van der Waals surface area contributed by atoms with Gasteiger partial charge in [-0.2, -0.15) is 0 Å². The summed E-state index contributed by atoms with van der Waals surface area (Å²) in [6.07, 6.45) is 0.944. The quantitative estimate of drug-likeness (QED) is 0.661. The zero-order valence-corrected chi connectivity index (χ0v) is 12.4. The number of hydrogen-bond acceptors (Lipinski definition) is 4. The van der Waals surface area contributed by atoms with Gasteiger partial charge in [-0.15, -0.1) is 0 Å². The fourth-order valence-electron chi connectivity index (χ4n) is 2.71. The highest BCUT2D eigenvalue weighted by molar-refractivity contribution is 5.77. The molecule has 1 N–H and O–H groups in total. The molecule has 0 saturated carbocycles. The Morgan fingerprint density at radius 1 is 1.35 bits per heavy atom. The lowest BCUT2D eigenvalue weighted by molar-refractivity contribution is -0.383. The lowest BCUT2D eigenvalue weighted by atomic mass is 10.0. The number of benzene rings is 1. The first kappa shape index (κ1) is 14.6. The Morgan fingerprint density at radius 2 is 2.00 bits per heavy atom. The van der Waals surface area contributed by atoms with Crippen LogP contribution >= 0.6 is 0 Å². The van der Waals surface area contributed by atoms with Gasteiger partial charge in [0, 0.05) is 19.6 Å². The van der Waals surface area contributed by atoms with E-state index in [1.807, 2.05) is 19.1 Å². The molecule has 2 unspecified atom stereocenters. The van der Waals surface area contributed by atoms with Crippen molar-refractivity contribution in [3.63, 3.8) is 0 Å². The van der Waals surface area contributed by atoms with Gasteiger partial charge in [0.25, 0.3) is 0 Å². The monoisotopic (exact) mass is 277 g/mol. The second-order valence-corrected chi connectivity index (χ2v) is 5.72. The molecule has 1 aliphatic rings. The average molecular weight is 277 g/mol. The van der Waals surface area contributed by atoms with Gasteiger partial charge in [-0.3, -0.25) is 10.1 Å². The van der Waals surface area contributed by atoms with E-state index in [-0.39, 0.29) is 10.6 Å². The van der Waals surface area contributed by atoms with Crippen molar-refractivity contribution in [1.82, 2.24) is 0 Å². The molecule has 1 aliphatic heterocycles. The summed E-state index contributed by atoms with van der Waals surface area (Å²) in [4.78, 5) is 13.3. The van der Waals surface area contributed by atoms with Crippen molar-refractivity contribution in [2.24, 2.45) is 11.8 Å². The van der Waals surface area contributed by atoms with Gasteiger partial charge in [0.05, 0.1) is 4.92 Å². The highest BCUT2D eigenvalue weighted by Gasteiger charge is 2.31. The number of anilines is 2. The van der Waals surface area contributed by atoms with E-state index in [4.69, 9.17) is 0 Å². The molecule has 0 bridgehead atoms. The number of nitro groups is 1. The van der Waals surface area contributed by atoms with Gasteiger partial charge in [0.2, 0.25) is 0 Å². The van der Waals surface area contributed by atoms with Crippen LogP contribution < -0.4 is 10.2 Å². The second kappa shape index (κ2) is 6.11. The number of para-hydroxylation sites is 1. The molecular weight excluding hydrogens is 254 g/mol. The van der Waals surface area contributed by atoms with Crippen molar-refractivity contribution in [3.05, 3.63) is 28.3 Å². The third-order valence-corrected chi connectivity index (χ3v) is 4.09. The molecule has 1 saturated heterocycles. The Balaban J connectivity index is 2.35. The fourth-order valence-corrected chi connectivity index (χ4v) is 2.71. The van der Waals surface area contributed by atoms with Gasteiger partial charge in [-0.05, 0) is 30.4 Å². The van der Waals surface area contributed by atoms with Crippen LogP contribution in [0.15, 0.2) is 18.2 Å². The summed E-state index contributed by atoms with van der Waals surface area (Å²) in [5.41, 5.74) is 1.58. The van der Waals surface area contributed by atoms with Crippen LogP contribution in [0.4, 0.5) is 17.1 Å². The van der Waals surface area contributed by atoms with Crippen molar-refractivity contribution < 1.29 is 4.92 Å². The normalized spacial score (nSPS) is 22.1. The van der Waals surface area contributed by atoms with Crippen LogP contribution in [0.2, 0.25) is 0 Å². The first-order chi connectivity index (χ1) is 9.54.